The number of aliphatic hydroxyl groups is 2. The van der Waals surface area contributed by atoms with Crippen LogP contribution in [0, 0.1) is 0 Å². The van der Waals surface area contributed by atoms with E-state index in [9.17, 15) is 9.90 Å². The van der Waals surface area contributed by atoms with Crippen molar-refractivity contribution in [1.29, 1.82) is 0 Å². The molecule has 20 heavy (non-hydrogen) atoms. The first kappa shape index (κ1) is 16.6. The third-order valence-electron chi connectivity index (χ3n) is 2.91. The molecule has 0 aliphatic carbocycles. The highest BCUT2D eigenvalue weighted by Gasteiger charge is 2.17. The zero-order valence-corrected chi connectivity index (χ0v) is 12.2. The minimum absolute atomic E-state index is 0.00650. The van der Waals surface area contributed by atoms with Gasteiger partial charge in [-0.25, -0.2) is 0 Å². The lowest BCUT2D eigenvalue weighted by Crippen LogP contribution is -2.47. The van der Waals surface area contributed by atoms with Crippen LogP contribution in [0.25, 0.3) is 0 Å². The molecule has 5 nitrogen and oxygen atoms in total. The molecule has 1 aromatic carbocycles. The van der Waals surface area contributed by atoms with Gasteiger partial charge in [0.15, 0.2) is 5.78 Å². The van der Waals surface area contributed by atoms with Gasteiger partial charge in [-0.2, -0.15) is 0 Å². The maximum Gasteiger partial charge on any atom is 0.159 e. The number of aliphatic hydroxyl groups excluding tert-OH is 2. The summed E-state index contributed by atoms with van der Waals surface area (Å²) in [4.78, 5) is 11.1. The van der Waals surface area contributed by atoms with Crippen molar-refractivity contribution in [3.05, 3.63) is 29.8 Å². The van der Waals surface area contributed by atoms with E-state index in [2.05, 4.69) is 5.32 Å². The fraction of sp³-hybridized carbons (Fsp3) is 0.533. The molecule has 0 fully saturated rings. The number of nitrogens with one attached hydrogen (secondary N) is 1. The number of Topliss-reactive ketones (excluding diaryl/α,β-unsaturated/α-hetero) is 1. The SMILES string of the molecule is CC(=O)c1ccc(OC[C@@H](O)CNC(C)(C)CO)cc1. The van der Waals surface area contributed by atoms with E-state index in [-0.39, 0.29) is 19.0 Å². The molecule has 0 aromatic heterocycles. The Morgan fingerprint density at radius 3 is 2.45 bits per heavy atom. The maximum atomic E-state index is 11.1. The van der Waals surface area contributed by atoms with E-state index in [0.29, 0.717) is 17.9 Å². The van der Waals surface area contributed by atoms with Crippen LogP contribution in [-0.2, 0) is 0 Å². The van der Waals surface area contributed by atoms with Crippen LogP contribution in [0.15, 0.2) is 24.3 Å². The van der Waals surface area contributed by atoms with Gasteiger partial charge in [-0.15, -0.1) is 0 Å². The Labute approximate surface area is 119 Å². The number of rotatable bonds is 8. The Bertz CT molecular complexity index is 428. The summed E-state index contributed by atoms with van der Waals surface area (Å²) in [7, 11) is 0. The molecule has 112 valence electrons. The first-order valence-electron chi connectivity index (χ1n) is 6.62. The Hall–Kier alpha value is -1.43. The Kier molecular flexibility index (Phi) is 6.13. The monoisotopic (exact) mass is 281 g/mol. The molecule has 0 heterocycles. The van der Waals surface area contributed by atoms with Gasteiger partial charge in [0.25, 0.3) is 0 Å². The smallest absolute Gasteiger partial charge is 0.159 e. The van der Waals surface area contributed by atoms with Crippen LogP contribution in [0.1, 0.15) is 31.1 Å². The number of hydrogen-bond donors (Lipinski definition) is 3. The van der Waals surface area contributed by atoms with E-state index in [1.165, 1.54) is 6.92 Å². The molecular formula is C15H23NO4. The fourth-order valence-corrected chi connectivity index (χ4v) is 1.49. The van der Waals surface area contributed by atoms with Gasteiger partial charge in [-0.1, -0.05) is 0 Å². The lowest BCUT2D eigenvalue weighted by atomic mass is 10.1. The van der Waals surface area contributed by atoms with Crippen molar-refractivity contribution in [2.24, 2.45) is 0 Å². The number of carbonyl (C=O) groups excluding carboxylic acids is 1. The number of benzene rings is 1. The molecule has 0 amide bonds. The molecule has 1 atom stereocenters. The quantitative estimate of drug-likeness (QED) is 0.619. The van der Waals surface area contributed by atoms with Crippen molar-refractivity contribution in [3.63, 3.8) is 0 Å². The van der Waals surface area contributed by atoms with Crippen LogP contribution in [0.5, 0.6) is 5.75 Å². The average Bonchev–Trinajstić information content (AvgIpc) is 2.43. The predicted molar refractivity (Wildman–Crippen MR) is 77.1 cm³/mol. The van der Waals surface area contributed by atoms with Crippen molar-refractivity contribution in [2.75, 3.05) is 19.8 Å². The third kappa shape index (κ3) is 5.69. The minimum Gasteiger partial charge on any atom is -0.491 e. The summed E-state index contributed by atoms with van der Waals surface area (Å²) in [5, 5.41) is 21.9. The molecule has 0 spiro atoms. The molecule has 0 aliphatic heterocycles. The molecule has 1 aromatic rings. The van der Waals surface area contributed by atoms with Crippen LogP contribution >= 0.6 is 0 Å². The molecule has 3 N–H and O–H groups in total. The summed E-state index contributed by atoms with van der Waals surface area (Å²) in [6.07, 6.45) is -0.673. The maximum absolute atomic E-state index is 11.1. The molecule has 5 heteroatoms. The summed E-state index contributed by atoms with van der Waals surface area (Å²) in [6.45, 7) is 5.68. The Balaban J connectivity index is 2.37. The van der Waals surface area contributed by atoms with Gasteiger partial charge < -0.3 is 20.3 Å². The molecule has 0 saturated heterocycles. The number of hydrogen-bond acceptors (Lipinski definition) is 5. The summed E-state index contributed by atoms with van der Waals surface area (Å²) < 4.78 is 5.44. The second kappa shape index (κ2) is 7.38. The molecule has 1 rings (SSSR count). The van der Waals surface area contributed by atoms with Crippen molar-refractivity contribution in [1.82, 2.24) is 5.32 Å². The highest BCUT2D eigenvalue weighted by atomic mass is 16.5. The zero-order valence-electron chi connectivity index (χ0n) is 12.2. The van der Waals surface area contributed by atoms with Crippen LogP contribution in [0.4, 0.5) is 0 Å². The molecule has 0 saturated carbocycles. The summed E-state index contributed by atoms with van der Waals surface area (Å²) in [5.41, 5.74) is 0.202. The molecule has 0 bridgehead atoms. The molecular weight excluding hydrogens is 258 g/mol. The van der Waals surface area contributed by atoms with Crippen LogP contribution in [0.2, 0.25) is 0 Å². The summed E-state index contributed by atoms with van der Waals surface area (Å²) in [6, 6.07) is 6.79. The van der Waals surface area contributed by atoms with E-state index in [1.807, 2.05) is 13.8 Å². The standard InChI is InChI=1S/C15H23NO4/c1-11(18)12-4-6-14(7-5-12)20-9-13(19)8-16-15(2,3)10-17/h4-7,13,16-17,19H,8-10H2,1-3H3/t13-/m0/s1. The van der Waals surface area contributed by atoms with Crippen molar-refractivity contribution in [2.45, 2.75) is 32.4 Å². The lowest BCUT2D eigenvalue weighted by molar-refractivity contribution is 0.0906. The van der Waals surface area contributed by atoms with E-state index in [4.69, 9.17) is 9.84 Å². The molecule has 0 aliphatic rings. The van der Waals surface area contributed by atoms with Gasteiger partial charge in [0, 0.05) is 17.6 Å². The number of ether oxygens (including phenoxy) is 1. The fourth-order valence-electron chi connectivity index (χ4n) is 1.49. The first-order chi connectivity index (χ1) is 9.34. The van der Waals surface area contributed by atoms with Crippen molar-refractivity contribution < 1.29 is 19.7 Å². The van der Waals surface area contributed by atoms with E-state index < -0.39 is 11.6 Å². The predicted octanol–water partition coefficient (Wildman–Crippen LogP) is 0.989. The molecule has 0 unspecified atom stereocenters. The normalized spacial score (nSPS) is 13.1. The first-order valence-corrected chi connectivity index (χ1v) is 6.62. The number of carbonyl (C=O) groups is 1. The van der Waals surface area contributed by atoms with E-state index in [1.54, 1.807) is 24.3 Å². The largest absolute Gasteiger partial charge is 0.491 e. The number of ketones is 1. The lowest BCUT2D eigenvalue weighted by Gasteiger charge is -2.25. The van der Waals surface area contributed by atoms with Gasteiger partial charge in [-0.05, 0) is 45.0 Å². The van der Waals surface area contributed by atoms with Gasteiger partial charge >= 0.3 is 0 Å². The van der Waals surface area contributed by atoms with E-state index >= 15 is 0 Å². The van der Waals surface area contributed by atoms with Crippen LogP contribution < -0.4 is 10.1 Å². The summed E-state index contributed by atoms with van der Waals surface area (Å²) >= 11 is 0. The van der Waals surface area contributed by atoms with Gasteiger partial charge in [0.05, 0.1) is 6.61 Å². The van der Waals surface area contributed by atoms with Crippen molar-refractivity contribution in [3.8, 4) is 5.75 Å². The topological polar surface area (TPSA) is 78.8 Å². The van der Waals surface area contributed by atoms with Crippen molar-refractivity contribution >= 4 is 5.78 Å². The zero-order chi connectivity index (χ0) is 15.2. The van der Waals surface area contributed by atoms with Gasteiger partial charge in [0.1, 0.15) is 18.5 Å². The van der Waals surface area contributed by atoms with Crippen LogP contribution in [0.3, 0.4) is 0 Å². The second-order valence-electron chi connectivity index (χ2n) is 5.47. The summed E-state index contributed by atoms with van der Waals surface area (Å²) in [5.74, 6) is 0.613. The second-order valence-corrected chi connectivity index (χ2v) is 5.47. The number of β-amino-alcohol motifs (C(OH)–C–C–N with tert-alkyl or cyclic N) is 1. The van der Waals surface area contributed by atoms with E-state index in [0.717, 1.165) is 0 Å². The minimum atomic E-state index is -0.673. The van der Waals surface area contributed by atoms with Gasteiger partial charge in [-0.3, -0.25) is 4.79 Å². The van der Waals surface area contributed by atoms with Gasteiger partial charge in [0.2, 0.25) is 0 Å². The Morgan fingerprint density at radius 1 is 1.35 bits per heavy atom. The Morgan fingerprint density at radius 2 is 1.95 bits per heavy atom. The third-order valence-corrected chi connectivity index (χ3v) is 2.91. The highest BCUT2D eigenvalue weighted by molar-refractivity contribution is 5.94. The highest BCUT2D eigenvalue weighted by Crippen LogP contribution is 2.12. The average molecular weight is 281 g/mol. The van der Waals surface area contributed by atoms with Crippen LogP contribution in [-0.4, -0.2) is 47.4 Å². The molecule has 0 radical (unpaired) electrons.